The predicted octanol–water partition coefficient (Wildman–Crippen LogP) is 3.32. The molecule has 120 valence electrons. The first-order valence-electron chi connectivity index (χ1n) is 8.00. The van der Waals surface area contributed by atoms with Crippen LogP contribution in [0.2, 0.25) is 0 Å². The smallest absolute Gasteiger partial charge is 0.339 e. The summed E-state index contributed by atoms with van der Waals surface area (Å²) in [5.74, 6) is -0.0192. The highest BCUT2D eigenvalue weighted by molar-refractivity contribution is 5.98. The molecule has 1 aliphatic heterocycles. The van der Waals surface area contributed by atoms with Gasteiger partial charge in [-0.25, -0.2) is 9.78 Å². The maximum atomic E-state index is 11.7. The van der Waals surface area contributed by atoms with Crippen LogP contribution in [0.15, 0.2) is 54.9 Å². The molecule has 2 aromatic heterocycles. The molecule has 1 N–H and O–H groups in total. The second kappa shape index (κ2) is 5.92. The Hall–Kier alpha value is -2.95. The number of hydrogen-bond donors (Lipinski definition) is 1. The number of pyridine rings is 2. The van der Waals surface area contributed by atoms with Gasteiger partial charge in [-0.1, -0.05) is 24.3 Å². The van der Waals surface area contributed by atoms with E-state index in [0.29, 0.717) is 11.7 Å². The van der Waals surface area contributed by atoms with Crippen molar-refractivity contribution in [1.29, 1.82) is 0 Å². The fraction of sp³-hybridized carbons (Fsp3) is 0.211. The lowest BCUT2D eigenvalue weighted by Gasteiger charge is -2.20. The number of aromatic carboxylic acids is 1. The lowest BCUT2D eigenvalue weighted by atomic mass is 10.0. The van der Waals surface area contributed by atoms with Gasteiger partial charge in [0.05, 0.1) is 5.52 Å². The summed E-state index contributed by atoms with van der Waals surface area (Å²) in [5, 5.41) is 10.4. The number of rotatable bonds is 3. The summed E-state index contributed by atoms with van der Waals surface area (Å²) >= 11 is 0. The largest absolute Gasteiger partial charge is 0.478 e. The molecule has 0 spiro atoms. The van der Waals surface area contributed by atoms with Crippen molar-refractivity contribution >= 4 is 22.7 Å². The van der Waals surface area contributed by atoms with Crippen molar-refractivity contribution in [3.05, 3.63) is 66.0 Å². The van der Waals surface area contributed by atoms with Crippen LogP contribution in [0.5, 0.6) is 0 Å². The zero-order valence-corrected chi connectivity index (χ0v) is 13.1. The van der Waals surface area contributed by atoms with E-state index in [1.54, 1.807) is 12.3 Å². The third-order valence-electron chi connectivity index (χ3n) is 4.58. The van der Waals surface area contributed by atoms with Gasteiger partial charge in [0, 0.05) is 36.8 Å². The van der Waals surface area contributed by atoms with Gasteiger partial charge in [-0.2, -0.15) is 0 Å². The van der Waals surface area contributed by atoms with Gasteiger partial charge in [-0.3, -0.25) is 4.98 Å². The second-order valence-corrected chi connectivity index (χ2v) is 6.08. The van der Waals surface area contributed by atoms with Crippen LogP contribution < -0.4 is 4.90 Å². The molecule has 1 fully saturated rings. The van der Waals surface area contributed by atoms with Crippen LogP contribution in [0.25, 0.3) is 10.9 Å². The van der Waals surface area contributed by atoms with E-state index in [1.165, 1.54) is 5.56 Å². The lowest BCUT2D eigenvalue weighted by Crippen LogP contribution is -2.23. The molecule has 1 aromatic carbocycles. The van der Waals surface area contributed by atoms with Crippen LogP contribution in [-0.2, 0) is 0 Å². The van der Waals surface area contributed by atoms with E-state index >= 15 is 0 Å². The molecule has 3 heterocycles. The molecular weight excluding hydrogens is 302 g/mol. The molecular formula is C19H17N3O2. The minimum Gasteiger partial charge on any atom is -0.478 e. The highest BCUT2D eigenvalue weighted by atomic mass is 16.4. The summed E-state index contributed by atoms with van der Waals surface area (Å²) < 4.78 is 0. The third kappa shape index (κ3) is 2.58. The summed E-state index contributed by atoms with van der Waals surface area (Å²) in [5.41, 5.74) is 2.28. The Morgan fingerprint density at radius 3 is 2.88 bits per heavy atom. The number of carbonyl (C=O) groups is 1. The highest BCUT2D eigenvalue weighted by Crippen LogP contribution is 2.32. The quantitative estimate of drug-likeness (QED) is 0.802. The summed E-state index contributed by atoms with van der Waals surface area (Å²) in [6.07, 6.45) is 4.63. The Labute approximate surface area is 139 Å². The molecule has 5 nitrogen and oxygen atoms in total. The normalized spacial score (nSPS) is 17.3. The maximum Gasteiger partial charge on any atom is 0.339 e. The van der Waals surface area contributed by atoms with Crippen LogP contribution in [0.1, 0.15) is 28.3 Å². The van der Waals surface area contributed by atoms with E-state index in [2.05, 4.69) is 20.9 Å². The Kier molecular flexibility index (Phi) is 3.61. The van der Waals surface area contributed by atoms with Gasteiger partial charge in [0.15, 0.2) is 0 Å². The van der Waals surface area contributed by atoms with E-state index in [4.69, 9.17) is 0 Å². The van der Waals surface area contributed by atoms with E-state index in [9.17, 15) is 9.90 Å². The predicted molar refractivity (Wildman–Crippen MR) is 92.5 cm³/mol. The van der Waals surface area contributed by atoms with Gasteiger partial charge in [-0.15, -0.1) is 0 Å². The van der Waals surface area contributed by atoms with Gasteiger partial charge in [-0.05, 0) is 30.2 Å². The first-order chi connectivity index (χ1) is 11.7. The molecule has 1 unspecified atom stereocenters. The van der Waals surface area contributed by atoms with Gasteiger partial charge in [0.2, 0.25) is 0 Å². The van der Waals surface area contributed by atoms with Crippen LogP contribution >= 0.6 is 0 Å². The molecule has 0 bridgehead atoms. The maximum absolute atomic E-state index is 11.7. The first-order valence-corrected chi connectivity index (χ1v) is 8.00. The third-order valence-corrected chi connectivity index (χ3v) is 4.58. The zero-order chi connectivity index (χ0) is 16.5. The molecule has 1 atom stereocenters. The summed E-state index contributed by atoms with van der Waals surface area (Å²) in [6.45, 7) is 1.56. The van der Waals surface area contributed by atoms with Crippen molar-refractivity contribution in [3.8, 4) is 0 Å². The second-order valence-electron chi connectivity index (χ2n) is 6.08. The number of para-hydroxylation sites is 1. The van der Waals surface area contributed by atoms with Crippen molar-refractivity contribution in [2.45, 2.75) is 12.3 Å². The Balaban J connectivity index is 1.71. The number of fused-ring (bicyclic) bond motifs is 1. The molecule has 0 amide bonds. The number of nitrogens with zero attached hydrogens (tertiary/aromatic N) is 3. The molecule has 0 radical (unpaired) electrons. The SMILES string of the molecule is O=C(O)c1cc2ccccc2nc1N1CCC(c2cccnc2)C1. The fourth-order valence-electron chi connectivity index (χ4n) is 3.35. The van der Waals surface area contributed by atoms with Crippen LogP contribution in [0, 0.1) is 0 Å². The van der Waals surface area contributed by atoms with E-state index in [-0.39, 0.29) is 5.56 Å². The molecule has 3 aromatic rings. The molecule has 0 saturated carbocycles. The van der Waals surface area contributed by atoms with Crippen LogP contribution in [-0.4, -0.2) is 34.1 Å². The van der Waals surface area contributed by atoms with Crippen molar-refractivity contribution in [1.82, 2.24) is 9.97 Å². The molecule has 1 saturated heterocycles. The number of aromatic nitrogens is 2. The number of carboxylic acids is 1. The Morgan fingerprint density at radius 1 is 1.21 bits per heavy atom. The topological polar surface area (TPSA) is 66.3 Å². The van der Waals surface area contributed by atoms with Gasteiger partial charge < -0.3 is 10.0 Å². The molecule has 4 rings (SSSR count). The monoisotopic (exact) mass is 319 g/mol. The average molecular weight is 319 g/mol. The van der Waals surface area contributed by atoms with E-state index < -0.39 is 5.97 Å². The molecule has 5 heteroatoms. The van der Waals surface area contributed by atoms with Crippen molar-refractivity contribution in [2.75, 3.05) is 18.0 Å². The van der Waals surface area contributed by atoms with Crippen molar-refractivity contribution in [3.63, 3.8) is 0 Å². The molecule has 1 aliphatic rings. The van der Waals surface area contributed by atoms with Gasteiger partial charge in [0.1, 0.15) is 11.4 Å². The highest BCUT2D eigenvalue weighted by Gasteiger charge is 2.28. The zero-order valence-electron chi connectivity index (χ0n) is 13.1. The Morgan fingerprint density at radius 2 is 2.08 bits per heavy atom. The first kappa shape index (κ1) is 14.6. The molecule has 24 heavy (non-hydrogen) atoms. The minimum atomic E-state index is -0.937. The number of benzene rings is 1. The standard InChI is InChI=1S/C19H17N3O2/c23-19(24)16-10-13-4-1-2-6-17(13)21-18(16)22-9-7-15(12-22)14-5-3-8-20-11-14/h1-6,8,10-11,15H,7,9,12H2,(H,23,24). The average Bonchev–Trinajstić information content (AvgIpc) is 3.11. The number of anilines is 1. The summed E-state index contributed by atoms with van der Waals surface area (Å²) in [6, 6.07) is 13.4. The minimum absolute atomic E-state index is 0.264. The summed E-state index contributed by atoms with van der Waals surface area (Å²) in [4.78, 5) is 22.6. The van der Waals surface area contributed by atoms with Gasteiger partial charge >= 0.3 is 5.97 Å². The van der Waals surface area contributed by atoms with Gasteiger partial charge in [0.25, 0.3) is 0 Å². The van der Waals surface area contributed by atoms with Crippen molar-refractivity contribution in [2.24, 2.45) is 0 Å². The van der Waals surface area contributed by atoms with E-state index in [0.717, 1.165) is 30.4 Å². The Bertz CT molecular complexity index is 896. The summed E-state index contributed by atoms with van der Waals surface area (Å²) in [7, 11) is 0. The van der Waals surface area contributed by atoms with Crippen molar-refractivity contribution < 1.29 is 9.90 Å². The van der Waals surface area contributed by atoms with Crippen LogP contribution in [0.3, 0.4) is 0 Å². The van der Waals surface area contributed by atoms with E-state index in [1.807, 2.05) is 36.5 Å². The number of hydrogen-bond acceptors (Lipinski definition) is 4. The molecule has 0 aliphatic carbocycles. The number of carboxylic acid groups (broad SMARTS) is 1. The lowest BCUT2D eigenvalue weighted by molar-refractivity contribution is 0.0697. The fourth-order valence-corrected chi connectivity index (χ4v) is 3.35. The van der Waals surface area contributed by atoms with Crippen LogP contribution in [0.4, 0.5) is 5.82 Å².